The molecular formula is C16H11BrO4. The Bertz CT molecular complexity index is 883. The van der Waals surface area contributed by atoms with Crippen LogP contribution in [-0.2, 0) is 0 Å². The van der Waals surface area contributed by atoms with Crippen molar-refractivity contribution in [3.05, 3.63) is 57.4 Å². The van der Waals surface area contributed by atoms with Crippen LogP contribution in [0.5, 0.6) is 11.5 Å². The third kappa shape index (κ3) is 2.40. The number of hydrogen-bond acceptors (Lipinski definition) is 4. The second-order valence-corrected chi connectivity index (χ2v) is 5.36. The summed E-state index contributed by atoms with van der Waals surface area (Å²) < 4.78 is 11.4. The van der Waals surface area contributed by atoms with Crippen LogP contribution >= 0.6 is 15.9 Å². The lowest BCUT2D eigenvalue weighted by molar-refractivity contribution is 0.412. The molecule has 3 aromatic rings. The first kappa shape index (κ1) is 13.7. The summed E-state index contributed by atoms with van der Waals surface area (Å²) in [6.45, 7) is 0. The minimum absolute atomic E-state index is 0.0607. The van der Waals surface area contributed by atoms with E-state index in [-0.39, 0.29) is 11.2 Å². The first-order valence-electron chi connectivity index (χ1n) is 6.18. The van der Waals surface area contributed by atoms with Crippen LogP contribution in [0.15, 0.2) is 56.3 Å². The quantitative estimate of drug-likeness (QED) is 0.763. The van der Waals surface area contributed by atoms with Crippen molar-refractivity contribution in [3.8, 4) is 22.6 Å². The Balaban J connectivity index is 2.21. The van der Waals surface area contributed by atoms with Gasteiger partial charge in [0.1, 0.15) is 23.3 Å². The number of aromatic hydroxyl groups is 1. The average molecular weight is 347 g/mol. The molecule has 0 fully saturated rings. The summed E-state index contributed by atoms with van der Waals surface area (Å²) in [5.74, 6) is 0.749. The number of halogens is 1. The highest BCUT2D eigenvalue weighted by molar-refractivity contribution is 9.10. The third-order valence-electron chi connectivity index (χ3n) is 3.22. The van der Waals surface area contributed by atoms with Crippen molar-refractivity contribution in [2.24, 2.45) is 0 Å². The monoisotopic (exact) mass is 346 g/mol. The van der Waals surface area contributed by atoms with Gasteiger partial charge in [-0.2, -0.15) is 0 Å². The molecule has 4 nitrogen and oxygen atoms in total. The van der Waals surface area contributed by atoms with Crippen molar-refractivity contribution in [1.29, 1.82) is 0 Å². The Kier molecular flexibility index (Phi) is 3.43. The van der Waals surface area contributed by atoms with Crippen molar-refractivity contribution >= 4 is 26.9 Å². The average Bonchev–Trinajstić information content (AvgIpc) is 2.47. The fraction of sp³-hybridized carbons (Fsp3) is 0.0625. The molecule has 0 bridgehead atoms. The number of rotatable bonds is 2. The molecule has 0 saturated carbocycles. The molecule has 0 spiro atoms. The third-order valence-corrected chi connectivity index (χ3v) is 3.84. The number of ether oxygens (including phenoxy) is 1. The molecule has 5 heteroatoms. The van der Waals surface area contributed by atoms with Crippen LogP contribution in [0.4, 0.5) is 0 Å². The highest BCUT2D eigenvalue weighted by atomic mass is 79.9. The molecule has 1 N–H and O–H groups in total. The van der Waals surface area contributed by atoms with Gasteiger partial charge in [-0.05, 0) is 45.8 Å². The summed E-state index contributed by atoms with van der Waals surface area (Å²) in [5.41, 5.74) is 1.40. The largest absolute Gasteiger partial charge is 0.508 e. The minimum Gasteiger partial charge on any atom is -0.508 e. The van der Waals surface area contributed by atoms with Gasteiger partial charge in [0.15, 0.2) is 5.43 Å². The van der Waals surface area contributed by atoms with Gasteiger partial charge in [-0.1, -0.05) is 6.07 Å². The van der Waals surface area contributed by atoms with Crippen LogP contribution < -0.4 is 10.2 Å². The molecule has 2 aromatic carbocycles. The zero-order valence-corrected chi connectivity index (χ0v) is 12.7. The Hall–Kier alpha value is -2.27. The summed E-state index contributed by atoms with van der Waals surface area (Å²) in [4.78, 5) is 12.5. The van der Waals surface area contributed by atoms with E-state index in [0.29, 0.717) is 22.3 Å². The number of methoxy groups -OCH3 is 1. The molecule has 0 radical (unpaired) electrons. The van der Waals surface area contributed by atoms with E-state index >= 15 is 0 Å². The molecular weight excluding hydrogens is 336 g/mol. The predicted molar refractivity (Wildman–Crippen MR) is 83.8 cm³/mol. The van der Waals surface area contributed by atoms with Crippen molar-refractivity contribution in [3.63, 3.8) is 0 Å². The van der Waals surface area contributed by atoms with E-state index in [2.05, 4.69) is 15.9 Å². The number of fused-ring (bicyclic) bond motifs is 1. The second-order valence-electron chi connectivity index (χ2n) is 4.51. The van der Waals surface area contributed by atoms with E-state index in [1.807, 2.05) is 0 Å². The van der Waals surface area contributed by atoms with Gasteiger partial charge in [-0.15, -0.1) is 0 Å². The Morgan fingerprint density at radius 3 is 2.71 bits per heavy atom. The van der Waals surface area contributed by atoms with Crippen LogP contribution in [0.2, 0.25) is 0 Å². The molecule has 106 valence electrons. The Morgan fingerprint density at radius 1 is 1.19 bits per heavy atom. The summed E-state index contributed by atoms with van der Waals surface area (Å²) in [6.07, 6.45) is 1.40. The molecule has 0 amide bonds. The van der Waals surface area contributed by atoms with E-state index in [0.717, 1.165) is 10.0 Å². The Morgan fingerprint density at radius 2 is 2.00 bits per heavy atom. The zero-order valence-electron chi connectivity index (χ0n) is 11.1. The molecule has 21 heavy (non-hydrogen) atoms. The van der Waals surface area contributed by atoms with E-state index in [1.165, 1.54) is 18.4 Å². The van der Waals surface area contributed by atoms with Crippen LogP contribution in [0.1, 0.15) is 0 Å². The van der Waals surface area contributed by atoms with E-state index < -0.39 is 0 Å². The predicted octanol–water partition coefficient (Wildman–Crippen LogP) is 3.94. The molecule has 0 saturated heterocycles. The van der Waals surface area contributed by atoms with Gasteiger partial charge >= 0.3 is 0 Å². The maximum absolute atomic E-state index is 12.5. The van der Waals surface area contributed by atoms with Crippen LogP contribution in [0, 0.1) is 0 Å². The first-order valence-corrected chi connectivity index (χ1v) is 6.98. The van der Waals surface area contributed by atoms with Gasteiger partial charge in [0.05, 0.1) is 22.5 Å². The summed E-state index contributed by atoms with van der Waals surface area (Å²) in [5, 5.41) is 9.85. The normalized spacial score (nSPS) is 10.8. The summed E-state index contributed by atoms with van der Waals surface area (Å²) in [7, 11) is 1.58. The van der Waals surface area contributed by atoms with Gasteiger partial charge in [0, 0.05) is 6.07 Å². The SMILES string of the molecule is COc1ccc(-c2coc3cc(O)ccc3c2=O)cc1Br. The molecule has 1 heterocycles. The van der Waals surface area contributed by atoms with Crippen molar-refractivity contribution in [2.45, 2.75) is 0 Å². The second kappa shape index (κ2) is 5.26. The molecule has 1 aromatic heterocycles. The van der Waals surface area contributed by atoms with Crippen molar-refractivity contribution < 1.29 is 14.3 Å². The van der Waals surface area contributed by atoms with Crippen LogP contribution in [-0.4, -0.2) is 12.2 Å². The fourth-order valence-electron chi connectivity index (χ4n) is 2.15. The van der Waals surface area contributed by atoms with Crippen molar-refractivity contribution in [2.75, 3.05) is 7.11 Å². The van der Waals surface area contributed by atoms with E-state index in [4.69, 9.17) is 9.15 Å². The fourth-order valence-corrected chi connectivity index (χ4v) is 2.69. The molecule has 3 rings (SSSR count). The maximum atomic E-state index is 12.5. The minimum atomic E-state index is -0.145. The Labute approximate surface area is 128 Å². The van der Waals surface area contributed by atoms with Gasteiger partial charge in [-0.3, -0.25) is 4.79 Å². The highest BCUT2D eigenvalue weighted by Crippen LogP contribution is 2.30. The smallest absolute Gasteiger partial charge is 0.200 e. The summed E-state index contributed by atoms with van der Waals surface area (Å²) >= 11 is 3.40. The lowest BCUT2D eigenvalue weighted by atomic mass is 10.1. The van der Waals surface area contributed by atoms with Crippen molar-refractivity contribution in [1.82, 2.24) is 0 Å². The number of hydrogen-bond donors (Lipinski definition) is 1. The molecule has 0 unspecified atom stereocenters. The highest BCUT2D eigenvalue weighted by Gasteiger charge is 2.11. The molecule has 0 atom stereocenters. The molecule has 0 aliphatic carbocycles. The lowest BCUT2D eigenvalue weighted by Crippen LogP contribution is -2.04. The topological polar surface area (TPSA) is 59.7 Å². The molecule has 0 aliphatic rings. The van der Waals surface area contributed by atoms with Gasteiger partial charge in [0.25, 0.3) is 0 Å². The zero-order chi connectivity index (χ0) is 15.0. The molecule has 0 aliphatic heterocycles. The van der Waals surface area contributed by atoms with Crippen LogP contribution in [0.25, 0.3) is 22.1 Å². The number of phenolic OH excluding ortho intramolecular Hbond substituents is 1. The first-order chi connectivity index (χ1) is 10.1. The van der Waals surface area contributed by atoms with Crippen LogP contribution in [0.3, 0.4) is 0 Å². The number of phenols is 1. The lowest BCUT2D eigenvalue weighted by Gasteiger charge is -2.06. The van der Waals surface area contributed by atoms with E-state index in [9.17, 15) is 9.90 Å². The van der Waals surface area contributed by atoms with Gasteiger partial charge in [-0.25, -0.2) is 0 Å². The summed E-state index contributed by atoms with van der Waals surface area (Å²) in [6, 6.07) is 9.81. The standard InChI is InChI=1S/C16H11BrO4/c1-20-14-5-2-9(6-13(14)17)12-8-21-15-7-10(18)3-4-11(15)16(12)19/h2-8,18H,1H3. The van der Waals surface area contributed by atoms with Gasteiger partial charge < -0.3 is 14.3 Å². The van der Waals surface area contributed by atoms with Gasteiger partial charge in [0.2, 0.25) is 0 Å². The van der Waals surface area contributed by atoms with E-state index in [1.54, 1.807) is 31.4 Å². The maximum Gasteiger partial charge on any atom is 0.200 e. The number of benzene rings is 2.